The lowest BCUT2D eigenvalue weighted by Gasteiger charge is -2.32. The molecule has 1 unspecified atom stereocenters. The Labute approximate surface area is 171 Å². The quantitative estimate of drug-likeness (QED) is 0.746. The Bertz CT molecular complexity index is 965. The number of imide groups is 1. The smallest absolute Gasteiger partial charge is 0.251 e. The number of carbonyl (C=O) groups is 2. The number of ether oxygens (including phenoxy) is 2. The van der Waals surface area contributed by atoms with Crippen molar-refractivity contribution in [3.8, 4) is 11.5 Å². The topological polar surface area (TPSA) is 59.1 Å². The van der Waals surface area contributed by atoms with Gasteiger partial charge in [-0.15, -0.1) is 0 Å². The molecule has 0 radical (unpaired) electrons. The minimum Gasteiger partial charge on any atom is -0.493 e. The first-order valence-corrected chi connectivity index (χ1v) is 9.84. The molecule has 1 saturated heterocycles. The Hall–Kier alpha value is -2.86. The molecule has 2 aromatic carbocycles. The van der Waals surface area contributed by atoms with Gasteiger partial charge >= 0.3 is 0 Å². The van der Waals surface area contributed by atoms with Gasteiger partial charge in [0.15, 0.2) is 11.5 Å². The molecule has 2 aliphatic rings. The van der Waals surface area contributed by atoms with Crippen LogP contribution in [-0.4, -0.2) is 43.5 Å². The number of aryl methyl sites for hydroxylation is 2. The number of carbonyl (C=O) groups excluding carboxylic acids is 2. The normalized spacial score (nSPS) is 19.4. The summed E-state index contributed by atoms with van der Waals surface area (Å²) in [4.78, 5) is 29.4. The SMILES string of the molecule is COc1cc2c(cc1OC)CN(C1CC(=O)N(c3cc(C)cc(C)c3)C1=O)CC2. The molecule has 2 aliphatic heterocycles. The number of rotatable bonds is 4. The molecule has 0 N–H and O–H groups in total. The lowest BCUT2D eigenvalue weighted by molar-refractivity contribution is -0.123. The van der Waals surface area contributed by atoms with Crippen molar-refractivity contribution in [2.24, 2.45) is 0 Å². The van der Waals surface area contributed by atoms with Gasteiger partial charge in [0.1, 0.15) is 0 Å². The Morgan fingerprint density at radius 3 is 2.14 bits per heavy atom. The first-order valence-electron chi connectivity index (χ1n) is 9.84. The standard InChI is InChI=1S/C23H26N2O4/c1-14-7-15(2)9-18(8-14)25-22(26)12-19(23(25)27)24-6-5-16-10-20(28-3)21(29-4)11-17(16)13-24/h7-11,19H,5-6,12-13H2,1-4H3. The first kappa shape index (κ1) is 19.5. The summed E-state index contributed by atoms with van der Waals surface area (Å²) in [5, 5.41) is 0. The van der Waals surface area contributed by atoms with Crippen LogP contribution in [0.3, 0.4) is 0 Å². The van der Waals surface area contributed by atoms with Gasteiger partial charge in [0.05, 0.1) is 32.4 Å². The van der Waals surface area contributed by atoms with Gasteiger partial charge < -0.3 is 9.47 Å². The van der Waals surface area contributed by atoms with Crippen LogP contribution in [0.5, 0.6) is 11.5 Å². The van der Waals surface area contributed by atoms with Crippen LogP contribution in [0.4, 0.5) is 5.69 Å². The van der Waals surface area contributed by atoms with Crippen LogP contribution in [-0.2, 0) is 22.6 Å². The van der Waals surface area contributed by atoms with Crippen LogP contribution >= 0.6 is 0 Å². The van der Waals surface area contributed by atoms with E-state index in [4.69, 9.17) is 9.47 Å². The van der Waals surface area contributed by atoms with Crippen molar-refractivity contribution >= 4 is 17.5 Å². The summed E-state index contributed by atoms with van der Waals surface area (Å²) in [6.45, 7) is 5.29. The van der Waals surface area contributed by atoms with Crippen molar-refractivity contribution in [1.29, 1.82) is 0 Å². The van der Waals surface area contributed by atoms with Crippen molar-refractivity contribution in [2.75, 3.05) is 25.7 Å². The van der Waals surface area contributed by atoms with Gasteiger partial charge in [-0.05, 0) is 66.8 Å². The molecule has 1 atom stereocenters. The molecule has 29 heavy (non-hydrogen) atoms. The summed E-state index contributed by atoms with van der Waals surface area (Å²) in [6, 6.07) is 9.39. The summed E-state index contributed by atoms with van der Waals surface area (Å²) in [5.74, 6) is 1.12. The van der Waals surface area contributed by atoms with E-state index in [-0.39, 0.29) is 18.2 Å². The van der Waals surface area contributed by atoms with Crippen molar-refractivity contribution in [3.63, 3.8) is 0 Å². The molecule has 6 heteroatoms. The average molecular weight is 394 g/mol. The third kappa shape index (κ3) is 3.49. The summed E-state index contributed by atoms with van der Waals surface area (Å²) in [6.07, 6.45) is 1.02. The van der Waals surface area contributed by atoms with Gasteiger partial charge in [-0.3, -0.25) is 14.5 Å². The predicted octanol–water partition coefficient (Wildman–Crippen LogP) is 3.01. The molecule has 0 aliphatic carbocycles. The lowest BCUT2D eigenvalue weighted by Crippen LogP contribution is -2.44. The summed E-state index contributed by atoms with van der Waals surface area (Å²) >= 11 is 0. The number of fused-ring (bicyclic) bond motifs is 1. The van der Waals surface area contributed by atoms with E-state index in [0.29, 0.717) is 23.7 Å². The molecule has 6 nitrogen and oxygen atoms in total. The number of anilines is 1. The molecule has 0 spiro atoms. The molecular formula is C23H26N2O4. The van der Waals surface area contributed by atoms with Gasteiger partial charge in [0, 0.05) is 13.1 Å². The highest BCUT2D eigenvalue weighted by Crippen LogP contribution is 2.35. The third-order valence-electron chi connectivity index (χ3n) is 5.78. The Kier molecular flexibility index (Phi) is 5.04. The van der Waals surface area contributed by atoms with E-state index >= 15 is 0 Å². The number of hydrogen-bond acceptors (Lipinski definition) is 5. The van der Waals surface area contributed by atoms with E-state index in [1.807, 2.05) is 44.2 Å². The molecule has 0 saturated carbocycles. The Morgan fingerprint density at radius 1 is 0.897 bits per heavy atom. The number of benzene rings is 2. The highest BCUT2D eigenvalue weighted by molar-refractivity contribution is 6.22. The maximum Gasteiger partial charge on any atom is 0.251 e. The fourth-order valence-electron chi connectivity index (χ4n) is 4.42. The number of amides is 2. The fraction of sp³-hybridized carbons (Fsp3) is 0.391. The molecule has 0 aromatic heterocycles. The second kappa shape index (κ2) is 7.52. The summed E-state index contributed by atoms with van der Waals surface area (Å²) in [5.41, 5.74) is 5.05. The number of hydrogen-bond donors (Lipinski definition) is 0. The fourth-order valence-corrected chi connectivity index (χ4v) is 4.42. The van der Waals surface area contributed by atoms with Gasteiger partial charge in [-0.25, -0.2) is 4.90 Å². The second-order valence-corrected chi connectivity index (χ2v) is 7.83. The summed E-state index contributed by atoms with van der Waals surface area (Å²) in [7, 11) is 3.25. The highest BCUT2D eigenvalue weighted by Gasteiger charge is 2.43. The van der Waals surface area contributed by atoms with Crippen LogP contribution < -0.4 is 14.4 Å². The van der Waals surface area contributed by atoms with E-state index in [1.165, 1.54) is 10.5 Å². The van der Waals surface area contributed by atoms with Crippen molar-refractivity contribution in [1.82, 2.24) is 4.90 Å². The minimum atomic E-state index is -0.426. The second-order valence-electron chi connectivity index (χ2n) is 7.83. The first-order chi connectivity index (χ1) is 13.9. The Balaban J connectivity index is 1.59. The van der Waals surface area contributed by atoms with Gasteiger partial charge in [-0.2, -0.15) is 0 Å². The largest absolute Gasteiger partial charge is 0.493 e. The minimum absolute atomic E-state index is 0.135. The molecular weight excluding hydrogens is 368 g/mol. The molecule has 2 aromatic rings. The zero-order chi connectivity index (χ0) is 20.7. The van der Waals surface area contributed by atoms with Crippen LogP contribution in [0.25, 0.3) is 0 Å². The average Bonchev–Trinajstić information content (AvgIpc) is 2.99. The maximum atomic E-state index is 13.2. The molecule has 152 valence electrons. The van der Waals surface area contributed by atoms with Crippen LogP contribution in [0.2, 0.25) is 0 Å². The zero-order valence-corrected chi connectivity index (χ0v) is 17.3. The molecule has 0 bridgehead atoms. The molecule has 2 heterocycles. The predicted molar refractivity (Wildman–Crippen MR) is 110 cm³/mol. The highest BCUT2D eigenvalue weighted by atomic mass is 16.5. The molecule has 4 rings (SSSR count). The number of methoxy groups -OCH3 is 2. The lowest BCUT2D eigenvalue weighted by atomic mass is 9.97. The Morgan fingerprint density at radius 2 is 1.52 bits per heavy atom. The van der Waals surface area contributed by atoms with Crippen LogP contribution in [0.1, 0.15) is 28.7 Å². The molecule has 1 fully saturated rings. The van der Waals surface area contributed by atoms with E-state index < -0.39 is 6.04 Å². The van der Waals surface area contributed by atoms with Crippen molar-refractivity contribution in [2.45, 2.75) is 39.3 Å². The van der Waals surface area contributed by atoms with Crippen molar-refractivity contribution < 1.29 is 19.1 Å². The van der Waals surface area contributed by atoms with Gasteiger partial charge in [0.2, 0.25) is 5.91 Å². The van der Waals surface area contributed by atoms with Crippen molar-refractivity contribution in [3.05, 3.63) is 52.6 Å². The van der Waals surface area contributed by atoms with E-state index in [9.17, 15) is 9.59 Å². The monoisotopic (exact) mass is 394 g/mol. The van der Waals surface area contributed by atoms with Gasteiger partial charge in [0.25, 0.3) is 5.91 Å². The van der Waals surface area contributed by atoms with Gasteiger partial charge in [-0.1, -0.05) is 6.07 Å². The third-order valence-corrected chi connectivity index (χ3v) is 5.78. The van der Waals surface area contributed by atoms with E-state index in [2.05, 4.69) is 4.90 Å². The number of nitrogens with zero attached hydrogens (tertiary/aromatic N) is 2. The van der Waals surface area contributed by atoms with Crippen LogP contribution in [0, 0.1) is 13.8 Å². The van der Waals surface area contributed by atoms with E-state index in [1.54, 1.807) is 14.2 Å². The maximum absolute atomic E-state index is 13.2. The zero-order valence-electron chi connectivity index (χ0n) is 17.3. The summed E-state index contributed by atoms with van der Waals surface area (Å²) < 4.78 is 10.8. The molecule has 2 amide bonds. The van der Waals surface area contributed by atoms with E-state index in [0.717, 1.165) is 29.7 Å². The van der Waals surface area contributed by atoms with Crippen LogP contribution in [0.15, 0.2) is 30.3 Å².